The van der Waals surface area contributed by atoms with Crippen molar-refractivity contribution in [3.05, 3.63) is 70.1 Å². The van der Waals surface area contributed by atoms with Crippen LogP contribution in [0.4, 0.5) is 13.2 Å². The summed E-state index contributed by atoms with van der Waals surface area (Å²) in [5.74, 6) is -3.91. The van der Waals surface area contributed by atoms with Crippen molar-refractivity contribution in [3.63, 3.8) is 0 Å². The van der Waals surface area contributed by atoms with E-state index in [0.717, 1.165) is 23.1 Å². The Morgan fingerprint density at radius 3 is 2.71 bits per heavy atom. The highest BCUT2D eigenvalue weighted by Gasteiger charge is 2.43. The molecule has 7 nitrogen and oxygen atoms in total. The molecule has 1 aromatic carbocycles. The van der Waals surface area contributed by atoms with Gasteiger partial charge in [0, 0.05) is 35.1 Å². The number of fused-ring (bicyclic) bond motifs is 3. The highest BCUT2D eigenvalue weighted by Crippen LogP contribution is 2.34. The van der Waals surface area contributed by atoms with Crippen molar-refractivity contribution in [2.75, 3.05) is 13.1 Å². The number of pyridine rings is 1. The van der Waals surface area contributed by atoms with Crippen molar-refractivity contribution >= 4 is 23.5 Å². The van der Waals surface area contributed by atoms with E-state index >= 15 is 0 Å². The number of alkyl halides is 3. The molecule has 0 spiro atoms. The summed E-state index contributed by atoms with van der Waals surface area (Å²) >= 11 is 6.16. The fraction of sp³-hybridized carbons (Fsp3) is 0.333. The van der Waals surface area contributed by atoms with Gasteiger partial charge in [-0.25, -0.2) is 9.59 Å². The standard InChI is InChI=1S/C24H22ClF3N4O3/c25-19-5-2-1-4-15(19)8-11-29-10-3-13-32-21(22(33)35-23(34)24(26,27)28)18-7-6-16-14-30-12-9-17(16)20(18)31-32/h1-2,4-5,9,12,14,29H,3,6-8,10-11,13H2. The summed E-state index contributed by atoms with van der Waals surface area (Å²) in [6, 6.07) is 9.30. The van der Waals surface area contributed by atoms with Crippen molar-refractivity contribution in [2.24, 2.45) is 0 Å². The highest BCUT2D eigenvalue weighted by atomic mass is 35.5. The van der Waals surface area contributed by atoms with Crippen molar-refractivity contribution in [3.8, 4) is 11.3 Å². The molecule has 184 valence electrons. The zero-order chi connectivity index (χ0) is 25.0. The van der Waals surface area contributed by atoms with Crippen LogP contribution in [0.15, 0.2) is 42.7 Å². The molecule has 0 radical (unpaired) electrons. The molecule has 0 atom stereocenters. The maximum Gasteiger partial charge on any atom is 0.491 e. The van der Waals surface area contributed by atoms with Crippen LogP contribution in [0.2, 0.25) is 5.02 Å². The van der Waals surface area contributed by atoms with Crippen LogP contribution in [-0.4, -0.2) is 46.0 Å². The number of hydrogen-bond acceptors (Lipinski definition) is 6. The van der Waals surface area contributed by atoms with E-state index in [1.54, 1.807) is 18.5 Å². The predicted molar refractivity (Wildman–Crippen MR) is 122 cm³/mol. The summed E-state index contributed by atoms with van der Waals surface area (Å²) in [5.41, 5.74) is 3.54. The summed E-state index contributed by atoms with van der Waals surface area (Å²) in [6.07, 6.45) is 0.196. The van der Waals surface area contributed by atoms with Gasteiger partial charge in [-0.2, -0.15) is 18.3 Å². The molecule has 0 unspecified atom stereocenters. The van der Waals surface area contributed by atoms with E-state index in [-0.39, 0.29) is 12.2 Å². The number of aryl methyl sites for hydroxylation is 2. The number of nitrogens with one attached hydrogen (secondary N) is 1. The summed E-state index contributed by atoms with van der Waals surface area (Å²) in [6.45, 7) is 1.50. The molecule has 1 aliphatic carbocycles. The summed E-state index contributed by atoms with van der Waals surface area (Å²) < 4.78 is 43.5. The summed E-state index contributed by atoms with van der Waals surface area (Å²) in [7, 11) is 0. The Balaban J connectivity index is 1.47. The van der Waals surface area contributed by atoms with Crippen LogP contribution >= 0.6 is 11.6 Å². The molecule has 0 aliphatic heterocycles. The van der Waals surface area contributed by atoms with Crippen LogP contribution in [0.3, 0.4) is 0 Å². The van der Waals surface area contributed by atoms with Gasteiger partial charge in [-0.1, -0.05) is 29.8 Å². The fourth-order valence-corrected chi connectivity index (χ4v) is 4.28. The molecule has 3 aromatic rings. The van der Waals surface area contributed by atoms with Gasteiger partial charge in [0.05, 0.1) is 5.69 Å². The zero-order valence-corrected chi connectivity index (χ0v) is 19.3. The maximum absolute atomic E-state index is 12.7. The van der Waals surface area contributed by atoms with Crippen molar-refractivity contribution in [1.82, 2.24) is 20.1 Å². The third kappa shape index (κ3) is 5.71. The van der Waals surface area contributed by atoms with Gasteiger partial charge in [0.25, 0.3) is 0 Å². The third-order valence-corrected chi connectivity index (χ3v) is 6.08. The SMILES string of the molecule is O=C(OC(=O)C(F)(F)F)c1c2c(nn1CCCNCCc1ccccc1Cl)-c1ccncc1CC2. The smallest absolute Gasteiger partial charge is 0.381 e. The molecular weight excluding hydrogens is 485 g/mol. The van der Waals surface area contributed by atoms with Crippen molar-refractivity contribution < 1.29 is 27.5 Å². The number of halogens is 4. The first kappa shape index (κ1) is 24.9. The average molecular weight is 507 g/mol. The monoisotopic (exact) mass is 506 g/mol. The Kier molecular flexibility index (Phi) is 7.51. The highest BCUT2D eigenvalue weighted by molar-refractivity contribution is 6.31. The number of rotatable bonds is 8. The van der Waals surface area contributed by atoms with Crippen LogP contribution in [0.1, 0.15) is 33.6 Å². The van der Waals surface area contributed by atoms with Crippen LogP contribution in [0, 0.1) is 0 Å². The first-order valence-corrected chi connectivity index (χ1v) is 11.4. The minimum Gasteiger partial charge on any atom is -0.381 e. The molecule has 35 heavy (non-hydrogen) atoms. The number of carbonyl (C=O) groups is 2. The largest absolute Gasteiger partial charge is 0.491 e. The molecular formula is C24H22ClF3N4O3. The molecule has 0 saturated carbocycles. The molecule has 11 heteroatoms. The molecule has 2 aromatic heterocycles. The second-order valence-electron chi connectivity index (χ2n) is 8.05. The first-order chi connectivity index (χ1) is 16.8. The van der Waals surface area contributed by atoms with Crippen LogP contribution < -0.4 is 5.32 Å². The lowest BCUT2D eigenvalue weighted by Crippen LogP contribution is -2.29. The third-order valence-electron chi connectivity index (χ3n) is 5.72. The van der Waals surface area contributed by atoms with Crippen molar-refractivity contribution in [2.45, 2.75) is 38.4 Å². The van der Waals surface area contributed by atoms with Gasteiger partial charge < -0.3 is 10.1 Å². The van der Waals surface area contributed by atoms with E-state index in [0.29, 0.717) is 48.6 Å². The van der Waals surface area contributed by atoms with Gasteiger partial charge in [-0.05, 0) is 62.0 Å². The van der Waals surface area contributed by atoms with E-state index in [4.69, 9.17) is 11.6 Å². The fourth-order valence-electron chi connectivity index (χ4n) is 4.05. The summed E-state index contributed by atoms with van der Waals surface area (Å²) in [4.78, 5) is 28.0. The number of nitrogens with zero attached hydrogens (tertiary/aromatic N) is 3. The molecule has 4 rings (SSSR count). The number of benzene rings is 1. The number of ether oxygens (including phenoxy) is 1. The van der Waals surface area contributed by atoms with Gasteiger partial charge in [0.2, 0.25) is 0 Å². The molecule has 0 bridgehead atoms. The van der Waals surface area contributed by atoms with Crippen LogP contribution in [0.25, 0.3) is 11.3 Å². The maximum atomic E-state index is 12.7. The molecule has 0 amide bonds. The van der Waals surface area contributed by atoms with E-state index in [2.05, 4.69) is 20.1 Å². The summed E-state index contributed by atoms with van der Waals surface area (Å²) in [5, 5.41) is 8.49. The minimum atomic E-state index is -5.27. The lowest BCUT2D eigenvalue weighted by atomic mass is 9.90. The molecule has 0 saturated heterocycles. The number of carbonyl (C=O) groups excluding carboxylic acids is 2. The zero-order valence-electron chi connectivity index (χ0n) is 18.6. The lowest BCUT2D eigenvalue weighted by molar-refractivity contribution is -0.193. The molecule has 0 fully saturated rings. The number of hydrogen-bond donors (Lipinski definition) is 1. The number of esters is 2. The average Bonchev–Trinajstić information content (AvgIpc) is 3.20. The van der Waals surface area contributed by atoms with E-state index < -0.39 is 18.1 Å². The Hall–Kier alpha value is -3.24. The Morgan fingerprint density at radius 2 is 1.94 bits per heavy atom. The number of aromatic nitrogens is 3. The van der Waals surface area contributed by atoms with Crippen LogP contribution in [-0.2, 0) is 35.3 Å². The van der Waals surface area contributed by atoms with Crippen LogP contribution in [0.5, 0.6) is 0 Å². The second kappa shape index (κ2) is 10.6. The topological polar surface area (TPSA) is 86.1 Å². The molecule has 1 aliphatic rings. The predicted octanol–water partition coefficient (Wildman–Crippen LogP) is 4.17. The quantitative estimate of drug-likeness (QED) is 0.280. The second-order valence-corrected chi connectivity index (χ2v) is 8.46. The molecule has 1 N–H and O–H groups in total. The van der Waals surface area contributed by atoms with E-state index in [1.165, 1.54) is 4.68 Å². The van der Waals surface area contributed by atoms with E-state index in [1.807, 2.05) is 24.3 Å². The Labute approximate surface area is 204 Å². The lowest BCUT2D eigenvalue weighted by Gasteiger charge is -2.15. The van der Waals surface area contributed by atoms with Gasteiger partial charge in [0.15, 0.2) is 5.69 Å². The Morgan fingerprint density at radius 1 is 1.14 bits per heavy atom. The van der Waals surface area contributed by atoms with Gasteiger partial charge in [-0.15, -0.1) is 0 Å². The normalized spacial score (nSPS) is 12.7. The van der Waals surface area contributed by atoms with Crippen molar-refractivity contribution in [1.29, 1.82) is 0 Å². The minimum absolute atomic E-state index is 0.129. The first-order valence-electron chi connectivity index (χ1n) is 11.1. The van der Waals surface area contributed by atoms with Gasteiger partial charge in [0.1, 0.15) is 0 Å². The molecule has 2 heterocycles. The Bertz CT molecular complexity index is 1240. The van der Waals surface area contributed by atoms with Gasteiger partial charge >= 0.3 is 18.1 Å². The van der Waals surface area contributed by atoms with Gasteiger partial charge in [-0.3, -0.25) is 9.67 Å². The van der Waals surface area contributed by atoms with E-state index in [9.17, 15) is 22.8 Å².